The molecule has 2 nitrogen and oxygen atoms in total. The van der Waals surface area contributed by atoms with Crippen LogP contribution in [0, 0.1) is 0 Å². The fraction of sp³-hybridized carbons (Fsp3) is 0. The number of rotatable bonds is 0. The minimum absolute atomic E-state index is 0. The molecule has 0 N–H and O–H groups in total. The maximum atomic E-state index is 8.12. The number of hydrogen-bond donors (Lipinski definition) is 0. The predicted molar refractivity (Wildman–Crippen MR) is 37.6 cm³/mol. The maximum Gasteiger partial charge on any atom is 0.373 e. The Labute approximate surface area is 46.9 Å². The van der Waals surface area contributed by atoms with Gasteiger partial charge in [-0.3, -0.25) is 0 Å². The zero-order valence-corrected chi connectivity index (χ0v) is 1.32. The van der Waals surface area contributed by atoms with Crippen molar-refractivity contribution < 1.29 is 9.59 Å². The molecule has 0 amide bonds. The highest BCUT2D eigenvalue weighted by molar-refractivity contribution is 5.76. The van der Waals surface area contributed by atoms with Crippen LogP contribution in [0.2, 0.25) is 0 Å². The van der Waals surface area contributed by atoms with Crippen LogP contribution < -0.4 is 0 Å². The summed E-state index contributed by atoms with van der Waals surface area (Å²) in [5.74, 6) is 0. The van der Waals surface area contributed by atoms with E-state index in [0.717, 1.165) is 0 Å². The third-order valence-electron chi connectivity index (χ3n) is 0. The molecule has 0 rings (SSSR count). The summed E-state index contributed by atoms with van der Waals surface area (Å²) in [5, 5.41) is 0. The topological polar surface area (TPSA) is 34.1 Å². The summed E-state index contributed by atoms with van der Waals surface area (Å²) in [7, 11) is 0. The van der Waals surface area contributed by atoms with E-state index in [1.165, 1.54) is 0 Å². The van der Waals surface area contributed by atoms with Crippen molar-refractivity contribution in [3.63, 3.8) is 0 Å². The van der Waals surface area contributed by atoms with Crippen LogP contribution in [0.3, 0.4) is 0 Å². The monoisotopic (exact) mass is 122 g/mol. The Balaban J connectivity index is -0.00000000667. The minimum atomic E-state index is 0. The van der Waals surface area contributed by atoms with Crippen molar-refractivity contribution in [3.05, 3.63) is 0 Å². The molecular weight excluding hydrogens is 111 g/mol. The SMILES string of the molecule is B.O=C=O.[SiH4].[SiH4]. The Hall–Kier alpha value is -0.121. The Morgan fingerprint density at radius 3 is 1.00 bits per heavy atom. The van der Waals surface area contributed by atoms with E-state index in [2.05, 4.69) is 0 Å². The van der Waals surface area contributed by atoms with Crippen LogP contribution in [0.1, 0.15) is 0 Å². The normalized spacial score (nSPS) is 1.33. The Kier molecular flexibility index (Phi) is 628. The molecule has 0 aliphatic heterocycles. The molecule has 0 radical (unpaired) electrons. The second-order valence-corrected chi connectivity index (χ2v) is 0.0833. The lowest BCUT2D eigenvalue weighted by Gasteiger charge is -0.945. The van der Waals surface area contributed by atoms with Gasteiger partial charge < -0.3 is 0 Å². The van der Waals surface area contributed by atoms with Gasteiger partial charge in [0.1, 0.15) is 0 Å². The van der Waals surface area contributed by atoms with Crippen LogP contribution in [0.25, 0.3) is 0 Å². The molecule has 0 aromatic carbocycles. The van der Waals surface area contributed by atoms with Gasteiger partial charge in [-0.1, -0.05) is 0 Å². The first-order valence-electron chi connectivity index (χ1n) is 0.408. The van der Waals surface area contributed by atoms with Gasteiger partial charge in [0.25, 0.3) is 0 Å². The average Bonchev–Trinajstić information content (AvgIpc) is 0.918. The molecule has 0 aromatic heterocycles. The van der Waals surface area contributed by atoms with Gasteiger partial charge in [-0.05, 0) is 21.9 Å². The van der Waals surface area contributed by atoms with Crippen molar-refractivity contribution in [2.24, 2.45) is 0 Å². The molecular formula is CH11BO2Si2. The van der Waals surface area contributed by atoms with Crippen LogP contribution in [-0.4, -0.2) is 36.5 Å². The Morgan fingerprint density at radius 2 is 1.00 bits per heavy atom. The van der Waals surface area contributed by atoms with E-state index < -0.39 is 0 Å². The molecule has 0 saturated carbocycles. The lowest BCUT2D eigenvalue weighted by molar-refractivity contribution is -0.191. The molecule has 0 bridgehead atoms. The highest BCUT2D eigenvalue weighted by atomic mass is 28.1. The molecule has 0 spiro atoms. The largest absolute Gasteiger partial charge is 0.373 e. The number of hydrogen-bond acceptors (Lipinski definition) is 2. The maximum absolute atomic E-state index is 8.12. The van der Waals surface area contributed by atoms with Crippen molar-refractivity contribution in [1.29, 1.82) is 0 Å². The van der Waals surface area contributed by atoms with Gasteiger partial charge in [0.2, 0.25) is 0 Å². The van der Waals surface area contributed by atoms with Crippen LogP contribution in [0.5, 0.6) is 0 Å². The molecule has 6 heavy (non-hydrogen) atoms. The molecule has 0 heterocycles. The van der Waals surface area contributed by atoms with Crippen LogP contribution >= 0.6 is 0 Å². The van der Waals surface area contributed by atoms with Crippen LogP contribution in [-0.2, 0) is 9.59 Å². The van der Waals surface area contributed by atoms with Crippen LogP contribution in [0.15, 0.2) is 0 Å². The molecule has 0 aliphatic carbocycles. The molecule has 0 saturated heterocycles. The average molecular weight is 122 g/mol. The lowest BCUT2D eigenvalue weighted by atomic mass is 10.8. The molecule has 0 aliphatic rings. The predicted octanol–water partition coefficient (Wildman–Crippen LogP) is -4.67. The van der Waals surface area contributed by atoms with Gasteiger partial charge in [-0.2, -0.15) is 9.59 Å². The summed E-state index contributed by atoms with van der Waals surface area (Å²) in [5.41, 5.74) is 0. The first-order valence-corrected chi connectivity index (χ1v) is 0.408. The van der Waals surface area contributed by atoms with Gasteiger partial charge in [-0.15, -0.1) is 0 Å². The van der Waals surface area contributed by atoms with Crippen molar-refractivity contribution in [1.82, 2.24) is 0 Å². The van der Waals surface area contributed by atoms with E-state index in [1.807, 2.05) is 0 Å². The fourth-order valence-corrected chi connectivity index (χ4v) is 0. The summed E-state index contributed by atoms with van der Waals surface area (Å²) >= 11 is 0. The van der Waals surface area contributed by atoms with Gasteiger partial charge in [0.05, 0.1) is 8.41 Å². The number of carbonyl (C=O) groups excluding carboxylic acids is 2. The van der Waals surface area contributed by atoms with E-state index in [0.29, 0.717) is 0 Å². The van der Waals surface area contributed by atoms with Crippen molar-refractivity contribution >= 4 is 36.5 Å². The summed E-state index contributed by atoms with van der Waals surface area (Å²) < 4.78 is 0. The van der Waals surface area contributed by atoms with E-state index in [-0.39, 0.29) is 36.5 Å². The van der Waals surface area contributed by atoms with Gasteiger partial charge in [-0.25, -0.2) is 0 Å². The zero-order valence-electron chi connectivity index (χ0n) is 1.32. The van der Waals surface area contributed by atoms with E-state index >= 15 is 0 Å². The summed E-state index contributed by atoms with van der Waals surface area (Å²) in [6, 6.07) is 0. The smallest absolute Gasteiger partial charge is 0.186 e. The first kappa shape index (κ1) is 39.6. The molecule has 0 atom stereocenters. The third-order valence-corrected chi connectivity index (χ3v) is 0. The van der Waals surface area contributed by atoms with Crippen LogP contribution in [0.4, 0.5) is 0 Å². The quantitative estimate of drug-likeness (QED) is 0.303. The Morgan fingerprint density at radius 1 is 1.00 bits per heavy atom. The molecule has 0 aromatic rings. The van der Waals surface area contributed by atoms with Gasteiger partial charge >= 0.3 is 6.15 Å². The van der Waals surface area contributed by atoms with Crippen molar-refractivity contribution in [2.45, 2.75) is 0 Å². The van der Waals surface area contributed by atoms with Crippen molar-refractivity contribution in [3.8, 4) is 0 Å². The minimum Gasteiger partial charge on any atom is -0.186 e. The van der Waals surface area contributed by atoms with E-state index in [4.69, 9.17) is 9.59 Å². The van der Waals surface area contributed by atoms with E-state index in [1.54, 1.807) is 0 Å². The van der Waals surface area contributed by atoms with Crippen molar-refractivity contribution in [2.75, 3.05) is 0 Å². The van der Waals surface area contributed by atoms with E-state index in [9.17, 15) is 0 Å². The van der Waals surface area contributed by atoms with Gasteiger partial charge in [0.15, 0.2) is 0 Å². The first-order chi connectivity index (χ1) is 1.41. The summed E-state index contributed by atoms with van der Waals surface area (Å²) in [6.07, 6.45) is 0.250. The fourth-order valence-electron chi connectivity index (χ4n) is 0. The summed E-state index contributed by atoms with van der Waals surface area (Å²) in [4.78, 5) is 16.2. The lowest BCUT2D eigenvalue weighted by Crippen LogP contribution is -1.22. The third kappa shape index (κ3) is 2180. The second-order valence-electron chi connectivity index (χ2n) is 0.0833. The molecule has 5 heteroatoms. The highest BCUT2D eigenvalue weighted by Gasteiger charge is 1.13. The van der Waals surface area contributed by atoms with Gasteiger partial charge in [0, 0.05) is 0 Å². The molecule has 0 fully saturated rings. The Bertz CT molecular complexity index is 32.5. The molecule has 38 valence electrons. The zero-order chi connectivity index (χ0) is 2.71. The second kappa shape index (κ2) is 95.1. The highest BCUT2D eigenvalue weighted by Crippen LogP contribution is 0.787. The molecule has 0 unspecified atom stereocenters. The standard InChI is InChI=1S/CO2.BH3.2H4Si/c2-1-3;;;/h;1H3;2*1H4. The summed E-state index contributed by atoms with van der Waals surface area (Å²) in [6.45, 7) is 0.